The molecule has 4 rings (SSSR count). The van der Waals surface area contributed by atoms with Crippen molar-refractivity contribution >= 4 is 33.2 Å². The molecule has 1 aromatic heterocycles. The number of hydrogen-bond acceptors (Lipinski definition) is 6. The van der Waals surface area contributed by atoms with Crippen LogP contribution in [0.5, 0.6) is 0 Å². The number of benzene rings is 1. The summed E-state index contributed by atoms with van der Waals surface area (Å²) >= 11 is 1.64. The first-order chi connectivity index (χ1) is 14.4. The normalized spacial score (nSPS) is 21.1. The minimum atomic E-state index is -0.418. The second kappa shape index (κ2) is 8.36. The van der Waals surface area contributed by atoms with E-state index in [1.807, 2.05) is 26.0 Å². The van der Waals surface area contributed by atoms with Crippen molar-refractivity contribution < 1.29 is 14.3 Å². The van der Waals surface area contributed by atoms with E-state index < -0.39 is 5.92 Å². The highest BCUT2D eigenvalue weighted by Gasteiger charge is 2.38. The number of nitrogens with zero attached hydrogens (tertiary/aromatic N) is 1. The summed E-state index contributed by atoms with van der Waals surface area (Å²) in [6.07, 6.45) is 1.59. The van der Waals surface area contributed by atoms with Crippen LogP contribution >= 0.6 is 11.3 Å². The average Bonchev–Trinajstić information content (AvgIpc) is 3.12. The Kier molecular flexibility index (Phi) is 5.80. The van der Waals surface area contributed by atoms with Crippen LogP contribution in [-0.4, -0.2) is 42.9 Å². The summed E-state index contributed by atoms with van der Waals surface area (Å²) in [7, 11) is 2.08. The number of hydrogen-bond donors (Lipinski definition) is 1. The summed E-state index contributed by atoms with van der Waals surface area (Å²) in [5.74, 6) is -0.767. The van der Waals surface area contributed by atoms with Gasteiger partial charge in [0.05, 0.1) is 5.57 Å². The van der Waals surface area contributed by atoms with Crippen molar-refractivity contribution in [2.45, 2.75) is 45.6 Å². The maximum Gasteiger partial charge on any atom is 0.337 e. The number of ether oxygens (including phenoxy) is 1. The predicted molar refractivity (Wildman–Crippen MR) is 120 cm³/mol. The van der Waals surface area contributed by atoms with E-state index in [0.29, 0.717) is 11.1 Å². The number of thiophene rings is 1. The maximum absolute atomic E-state index is 13.4. The number of dihydropyridines is 1. The summed E-state index contributed by atoms with van der Waals surface area (Å²) in [6.45, 7) is 7.21. The maximum atomic E-state index is 13.4. The average molecular weight is 425 g/mol. The van der Waals surface area contributed by atoms with Crippen LogP contribution in [0.4, 0.5) is 0 Å². The molecule has 2 aliphatic heterocycles. The lowest BCUT2D eigenvalue weighted by atomic mass is 9.79. The van der Waals surface area contributed by atoms with E-state index in [2.05, 4.69) is 34.8 Å². The van der Waals surface area contributed by atoms with Gasteiger partial charge in [-0.25, -0.2) is 4.79 Å². The highest BCUT2D eigenvalue weighted by molar-refractivity contribution is 7.17. The first kappa shape index (κ1) is 20.8. The van der Waals surface area contributed by atoms with Gasteiger partial charge in [0.2, 0.25) is 0 Å². The molecule has 1 N–H and O–H groups in total. The van der Waals surface area contributed by atoms with E-state index in [4.69, 9.17) is 4.74 Å². The van der Waals surface area contributed by atoms with E-state index >= 15 is 0 Å². The summed E-state index contributed by atoms with van der Waals surface area (Å²) in [5.41, 5.74) is 3.75. The number of allylic oxidation sites excluding steroid dienone is 3. The van der Waals surface area contributed by atoms with Gasteiger partial charge in [0, 0.05) is 40.7 Å². The van der Waals surface area contributed by atoms with Crippen molar-refractivity contribution in [3.8, 4) is 0 Å². The molecule has 6 heteroatoms. The number of Topliss-reactive ketones (excluding diaryl/α,β-unsaturated/α-hetero) is 1. The third-order valence-corrected chi connectivity index (χ3v) is 7.10. The summed E-state index contributed by atoms with van der Waals surface area (Å²) < 4.78 is 7.10. The van der Waals surface area contributed by atoms with Gasteiger partial charge in [-0.2, -0.15) is 0 Å². The molecule has 158 valence electrons. The highest BCUT2D eigenvalue weighted by atomic mass is 32.1. The Balaban J connectivity index is 1.76. The Morgan fingerprint density at radius 1 is 1.10 bits per heavy atom. The predicted octanol–water partition coefficient (Wildman–Crippen LogP) is 4.36. The molecule has 0 bridgehead atoms. The Morgan fingerprint density at radius 3 is 2.47 bits per heavy atom. The first-order valence-electron chi connectivity index (χ1n) is 10.4. The van der Waals surface area contributed by atoms with Crippen LogP contribution in [-0.2, 0) is 14.3 Å². The van der Waals surface area contributed by atoms with Crippen molar-refractivity contribution in [1.29, 1.82) is 0 Å². The number of esters is 1. The van der Waals surface area contributed by atoms with Crippen molar-refractivity contribution in [3.63, 3.8) is 0 Å². The molecule has 1 atom stereocenters. The van der Waals surface area contributed by atoms with Gasteiger partial charge in [0.1, 0.15) is 6.10 Å². The van der Waals surface area contributed by atoms with E-state index in [1.54, 1.807) is 18.3 Å². The summed E-state index contributed by atoms with van der Waals surface area (Å²) in [4.78, 5) is 28.3. The molecule has 0 amide bonds. The van der Waals surface area contributed by atoms with Crippen LogP contribution in [0, 0.1) is 0 Å². The third-order valence-electron chi connectivity index (χ3n) is 6.12. The van der Waals surface area contributed by atoms with Crippen LogP contribution in [0.15, 0.2) is 52.2 Å². The molecular formula is C24H28N2O3S. The molecule has 3 heterocycles. The molecule has 0 aliphatic carbocycles. The Bertz CT molecular complexity index is 1060. The minimum Gasteiger partial charge on any atom is -0.459 e. The van der Waals surface area contributed by atoms with Crippen molar-refractivity contribution in [1.82, 2.24) is 10.2 Å². The van der Waals surface area contributed by atoms with Gasteiger partial charge in [-0.15, -0.1) is 11.3 Å². The molecule has 1 fully saturated rings. The Morgan fingerprint density at radius 2 is 1.77 bits per heavy atom. The van der Waals surface area contributed by atoms with Crippen molar-refractivity contribution in [2.75, 3.05) is 20.1 Å². The molecule has 2 aliphatic rings. The number of likely N-dealkylation sites (tertiary alicyclic amines) is 1. The number of nitrogens with one attached hydrogen (secondary N) is 1. The lowest BCUT2D eigenvalue weighted by Crippen LogP contribution is -2.37. The molecule has 1 aromatic carbocycles. The molecule has 1 unspecified atom stereocenters. The SMILES string of the molecule is CC(=O)C1=C(C)NC(C)=C(C(=O)OC2CCN(C)CC2)C1c1csc2ccccc12. The van der Waals surface area contributed by atoms with E-state index in [-0.39, 0.29) is 17.9 Å². The number of piperidine rings is 1. The molecule has 0 saturated carbocycles. The largest absolute Gasteiger partial charge is 0.459 e. The monoisotopic (exact) mass is 424 g/mol. The summed E-state index contributed by atoms with van der Waals surface area (Å²) in [5, 5.41) is 6.42. The van der Waals surface area contributed by atoms with Gasteiger partial charge >= 0.3 is 5.97 Å². The van der Waals surface area contributed by atoms with Crippen LogP contribution in [0.1, 0.15) is 45.1 Å². The number of carbonyl (C=O) groups excluding carboxylic acids is 2. The van der Waals surface area contributed by atoms with Gasteiger partial charge in [0.15, 0.2) is 5.78 Å². The molecule has 1 saturated heterocycles. The van der Waals surface area contributed by atoms with E-state index in [1.165, 1.54) is 0 Å². The topological polar surface area (TPSA) is 58.6 Å². The fourth-order valence-electron chi connectivity index (χ4n) is 4.58. The quantitative estimate of drug-likeness (QED) is 0.739. The smallest absolute Gasteiger partial charge is 0.337 e. The van der Waals surface area contributed by atoms with Crippen LogP contribution < -0.4 is 5.32 Å². The third kappa shape index (κ3) is 3.82. The molecular weight excluding hydrogens is 396 g/mol. The molecule has 5 nitrogen and oxygen atoms in total. The Labute approximate surface area is 181 Å². The number of ketones is 1. The zero-order chi connectivity index (χ0) is 21.4. The number of rotatable bonds is 4. The summed E-state index contributed by atoms with van der Waals surface area (Å²) in [6, 6.07) is 8.14. The second-order valence-corrected chi connectivity index (χ2v) is 9.20. The van der Waals surface area contributed by atoms with Crippen LogP contribution in [0.3, 0.4) is 0 Å². The zero-order valence-electron chi connectivity index (χ0n) is 18.0. The van der Waals surface area contributed by atoms with E-state index in [9.17, 15) is 9.59 Å². The Hall–Kier alpha value is -2.44. The van der Waals surface area contributed by atoms with Crippen molar-refractivity contribution in [2.24, 2.45) is 0 Å². The van der Waals surface area contributed by atoms with Gasteiger partial charge in [-0.05, 0) is 63.1 Å². The molecule has 2 aromatic rings. The van der Waals surface area contributed by atoms with Gasteiger partial charge < -0.3 is 15.0 Å². The standard InChI is InChI=1S/C24H28N2O3S/c1-14-21(16(3)27)23(19-13-30-20-8-6-5-7-18(19)20)22(15(2)25-14)24(28)29-17-9-11-26(4)12-10-17/h5-8,13,17,23,25H,9-12H2,1-4H3. The lowest BCUT2D eigenvalue weighted by Gasteiger charge is -2.33. The molecule has 30 heavy (non-hydrogen) atoms. The van der Waals surface area contributed by atoms with Gasteiger partial charge in [0.25, 0.3) is 0 Å². The fraction of sp³-hybridized carbons (Fsp3) is 0.417. The lowest BCUT2D eigenvalue weighted by molar-refractivity contribution is -0.146. The highest BCUT2D eigenvalue weighted by Crippen LogP contribution is 2.43. The van der Waals surface area contributed by atoms with Crippen LogP contribution in [0.25, 0.3) is 10.1 Å². The first-order valence-corrected chi connectivity index (χ1v) is 11.3. The van der Waals surface area contributed by atoms with Crippen molar-refractivity contribution in [3.05, 3.63) is 57.7 Å². The number of fused-ring (bicyclic) bond motifs is 1. The van der Waals surface area contributed by atoms with Gasteiger partial charge in [-0.1, -0.05) is 18.2 Å². The zero-order valence-corrected chi connectivity index (χ0v) is 18.8. The van der Waals surface area contributed by atoms with Crippen LogP contribution in [0.2, 0.25) is 0 Å². The molecule has 0 spiro atoms. The number of carbonyl (C=O) groups is 2. The minimum absolute atomic E-state index is 0.0302. The second-order valence-electron chi connectivity index (χ2n) is 8.29. The van der Waals surface area contributed by atoms with E-state index in [0.717, 1.165) is 53.0 Å². The fourth-order valence-corrected chi connectivity index (χ4v) is 5.57. The van der Waals surface area contributed by atoms with Gasteiger partial charge in [-0.3, -0.25) is 4.79 Å². The molecule has 0 radical (unpaired) electrons.